The Kier molecular flexibility index (Phi) is 5.80. The average molecular weight is 348 g/mol. The van der Waals surface area contributed by atoms with Crippen LogP contribution in [0.25, 0.3) is 22.3 Å². The number of hydrogen-bond acceptors (Lipinski definition) is 3. The molecule has 0 unspecified atom stereocenters. The van der Waals surface area contributed by atoms with Crippen LogP contribution in [0.1, 0.15) is 13.8 Å². The molecule has 0 amide bonds. The van der Waals surface area contributed by atoms with Gasteiger partial charge in [-0.15, -0.1) is 0 Å². The van der Waals surface area contributed by atoms with Gasteiger partial charge >= 0.3 is 0 Å². The van der Waals surface area contributed by atoms with E-state index >= 15 is 0 Å². The summed E-state index contributed by atoms with van der Waals surface area (Å²) in [5.41, 5.74) is 4.20. The second kappa shape index (κ2) is 8.43. The van der Waals surface area contributed by atoms with Crippen LogP contribution in [0.2, 0.25) is 0 Å². The van der Waals surface area contributed by atoms with Gasteiger partial charge in [-0.25, -0.2) is 0 Å². The highest BCUT2D eigenvalue weighted by atomic mass is 16.5. The van der Waals surface area contributed by atoms with Gasteiger partial charge in [0.1, 0.15) is 17.2 Å². The minimum Gasteiger partial charge on any atom is -0.496 e. The Labute approximate surface area is 155 Å². The number of para-hydroxylation sites is 1. The summed E-state index contributed by atoms with van der Waals surface area (Å²) in [6.45, 7) is 5.24. The molecule has 134 valence electrons. The number of benzene rings is 3. The standard InChI is InChI=1S/C23H24O3/c1-4-25-18-11-8-10-17(16-18)23-20(13-9-15-22(23)24-3)19-12-6-7-14-21(19)26-5-2/h6-16H,4-5H2,1-3H3. The molecule has 3 nitrogen and oxygen atoms in total. The molecule has 0 radical (unpaired) electrons. The highest BCUT2D eigenvalue weighted by molar-refractivity contribution is 5.90. The molecule has 3 rings (SSSR count). The van der Waals surface area contributed by atoms with Gasteiger partial charge in [0.2, 0.25) is 0 Å². The lowest BCUT2D eigenvalue weighted by Gasteiger charge is -2.17. The van der Waals surface area contributed by atoms with E-state index in [1.54, 1.807) is 7.11 Å². The number of ether oxygens (including phenoxy) is 3. The van der Waals surface area contributed by atoms with Gasteiger partial charge in [0, 0.05) is 11.1 Å². The van der Waals surface area contributed by atoms with Crippen molar-refractivity contribution in [2.24, 2.45) is 0 Å². The largest absolute Gasteiger partial charge is 0.496 e. The van der Waals surface area contributed by atoms with E-state index in [2.05, 4.69) is 18.2 Å². The minimum atomic E-state index is 0.621. The molecule has 0 bridgehead atoms. The van der Waals surface area contributed by atoms with Gasteiger partial charge in [0.25, 0.3) is 0 Å². The number of hydrogen-bond donors (Lipinski definition) is 0. The van der Waals surface area contributed by atoms with E-state index < -0.39 is 0 Å². The summed E-state index contributed by atoms with van der Waals surface area (Å²) < 4.78 is 17.2. The van der Waals surface area contributed by atoms with E-state index in [-0.39, 0.29) is 0 Å². The third kappa shape index (κ3) is 3.67. The van der Waals surface area contributed by atoms with Gasteiger partial charge in [-0.3, -0.25) is 0 Å². The molecule has 0 aliphatic rings. The predicted molar refractivity (Wildman–Crippen MR) is 106 cm³/mol. The van der Waals surface area contributed by atoms with Crippen LogP contribution in [-0.2, 0) is 0 Å². The van der Waals surface area contributed by atoms with E-state index in [1.807, 2.05) is 62.4 Å². The highest BCUT2D eigenvalue weighted by Gasteiger charge is 2.16. The van der Waals surface area contributed by atoms with Crippen LogP contribution >= 0.6 is 0 Å². The Hall–Kier alpha value is -2.94. The molecular formula is C23H24O3. The van der Waals surface area contributed by atoms with Crippen molar-refractivity contribution < 1.29 is 14.2 Å². The average Bonchev–Trinajstić information content (AvgIpc) is 2.68. The van der Waals surface area contributed by atoms with Crippen molar-refractivity contribution in [3.05, 3.63) is 66.7 Å². The molecular weight excluding hydrogens is 324 g/mol. The van der Waals surface area contributed by atoms with Gasteiger partial charge in [-0.1, -0.05) is 42.5 Å². The van der Waals surface area contributed by atoms with E-state index in [1.165, 1.54) is 0 Å². The third-order valence-electron chi connectivity index (χ3n) is 4.16. The van der Waals surface area contributed by atoms with E-state index in [0.717, 1.165) is 39.5 Å². The van der Waals surface area contributed by atoms with Crippen LogP contribution in [-0.4, -0.2) is 20.3 Å². The zero-order valence-corrected chi connectivity index (χ0v) is 15.5. The lowest BCUT2D eigenvalue weighted by atomic mass is 9.93. The van der Waals surface area contributed by atoms with Crippen molar-refractivity contribution in [3.63, 3.8) is 0 Å². The summed E-state index contributed by atoms with van der Waals surface area (Å²) in [6.07, 6.45) is 0. The Bertz CT molecular complexity index is 871. The van der Waals surface area contributed by atoms with E-state index in [0.29, 0.717) is 13.2 Å². The molecule has 0 aromatic heterocycles. The zero-order chi connectivity index (χ0) is 18.4. The molecule has 3 aromatic carbocycles. The van der Waals surface area contributed by atoms with Crippen molar-refractivity contribution >= 4 is 0 Å². The van der Waals surface area contributed by atoms with E-state index in [9.17, 15) is 0 Å². The molecule has 0 aliphatic heterocycles. The van der Waals surface area contributed by atoms with E-state index in [4.69, 9.17) is 14.2 Å². The molecule has 0 spiro atoms. The molecule has 3 aromatic rings. The van der Waals surface area contributed by atoms with Gasteiger partial charge < -0.3 is 14.2 Å². The normalized spacial score (nSPS) is 10.4. The van der Waals surface area contributed by atoms with Crippen molar-refractivity contribution in [1.82, 2.24) is 0 Å². The topological polar surface area (TPSA) is 27.7 Å². The second-order valence-corrected chi connectivity index (χ2v) is 5.77. The van der Waals surface area contributed by atoms with Gasteiger partial charge in [-0.2, -0.15) is 0 Å². The molecule has 0 heterocycles. The summed E-state index contributed by atoms with van der Waals surface area (Å²) in [7, 11) is 1.70. The lowest BCUT2D eigenvalue weighted by molar-refractivity contribution is 0.340. The fraction of sp³-hybridized carbons (Fsp3) is 0.217. The van der Waals surface area contributed by atoms with Gasteiger partial charge in [-0.05, 0) is 49.2 Å². The smallest absolute Gasteiger partial charge is 0.127 e. The monoisotopic (exact) mass is 348 g/mol. The van der Waals surface area contributed by atoms with Crippen molar-refractivity contribution in [2.45, 2.75) is 13.8 Å². The Morgan fingerprint density at radius 2 is 1.38 bits per heavy atom. The van der Waals surface area contributed by atoms with Gasteiger partial charge in [0.15, 0.2) is 0 Å². The number of rotatable bonds is 7. The first-order valence-corrected chi connectivity index (χ1v) is 8.90. The molecule has 26 heavy (non-hydrogen) atoms. The van der Waals surface area contributed by atoms with Crippen LogP contribution in [0.3, 0.4) is 0 Å². The van der Waals surface area contributed by atoms with Crippen molar-refractivity contribution in [3.8, 4) is 39.5 Å². The SMILES string of the molecule is CCOc1cccc(-c2c(OC)cccc2-c2ccccc2OCC)c1. The van der Waals surface area contributed by atoms with Crippen LogP contribution in [0, 0.1) is 0 Å². The van der Waals surface area contributed by atoms with Gasteiger partial charge in [0.05, 0.1) is 20.3 Å². The highest BCUT2D eigenvalue weighted by Crippen LogP contribution is 2.43. The van der Waals surface area contributed by atoms with Crippen LogP contribution in [0.5, 0.6) is 17.2 Å². The molecule has 3 heteroatoms. The fourth-order valence-electron chi connectivity index (χ4n) is 3.10. The zero-order valence-electron chi connectivity index (χ0n) is 15.5. The summed E-state index contributed by atoms with van der Waals surface area (Å²) in [5.74, 6) is 2.54. The third-order valence-corrected chi connectivity index (χ3v) is 4.16. The maximum absolute atomic E-state index is 5.85. The molecule has 0 aliphatic carbocycles. The Morgan fingerprint density at radius 3 is 2.15 bits per heavy atom. The van der Waals surface area contributed by atoms with Crippen LogP contribution < -0.4 is 14.2 Å². The maximum Gasteiger partial charge on any atom is 0.127 e. The quantitative estimate of drug-likeness (QED) is 0.538. The summed E-state index contributed by atoms with van der Waals surface area (Å²) in [5, 5.41) is 0. The van der Waals surface area contributed by atoms with Crippen LogP contribution in [0.15, 0.2) is 66.7 Å². The maximum atomic E-state index is 5.85. The first-order valence-electron chi connectivity index (χ1n) is 8.90. The molecule has 0 N–H and O–H groups in total. The molecule has 0 atom stereocenters. The van der Waals surface area contributed by atoms with Crippen molar-refractivity contribution in [2.75, 3.05) is 20.3 Å². The Balaban J connectivity index is 2.21. The first-order chi connectivity index (χ1) is 12.8. The van der Waals surface area contributed by atoms with Crippen LogP contribution in [0.4, 0.5) is 0 Å². The predicted octanol–water partition coefficient (Wildman–Crippen LogP) is 5.83. The summed E-state index contributed by atoms with van der Waals surface area (Å²) >= 11 is 0. The fourth-order valence-corrected chi connectivity index (χ4v) is 3.10. The Morgan fingerprint density at radius 1 is 0.692 bits per heavy atom. The number of methoxy groups -OCH3 is 1. The minimum absolute atomic E-state index is 0.621. The lowest BCUT2D eigenvalue weighted by Crippen LogP contribution is -1.97. The summed E-state index contributed by atoms with van der Waals surface area (Å²) in [6, 6.07) is 22.3. The molecule has 0 saturated heterocycles. The second-order valence-electron chi connectivity index (χ2n) is 5.77. The first kappa shape index (κ1) is 17.9. The molecule has 0 saturated carbocycles. The molecule has 0 fully saturated rings. The van der Waals surface area contributed by atoms with Crippen molar-refractivity contribution in [1.29, 1.82) is 0 Å². The summed E-state index contributed by atoms with van der Waals surface area (Å²) in [4.78, 5) is 0.